The highest BCUT2D eigenvalue weighted by Crippen LogP contribution is 2.54. The van der Waals surface area contributed by atoms with Gasteiger partial charge in [-0.05, 0) is 111 Å². The molecule has 0 radical (unpaired) electrons. The lowest BCUT2D eigenvalue weighted by Gasteiger charge is -2.30. The average Bonchev–Trinajstić information content (AvgIpc) is 3.69. The van der Waals surface area contributed by atoms with Gasteiger partial charge in [-0.15, -0.1) is 0 Å². The van der Waals surface area contributed by atoms with Gasteiger partial charge in [-0.25, -0.2) is 33.7 Å². The molecule has 0 aliphatic carbocycles. The molecule has 0 saturated heterocycles. The number of unbranched alkanes of at least 4 members (excludes halogenated alkanes) is 2. The van der Waals surface area contributed by atoms with Crippen LogP contribution in [0.3, 0.4) is 0 Å². The number of rotatable bonds is 26. The summed E-state index contributed by atoms with van der Waals surface area (Å²) in [5, 5.41) is 9.25. The van der Waals surface area contributed by atoms with Crippen molar-refractivity contribution in [1.29, 1.82) is 0 Å². The minimum Gasteiger partial charge on any atom is -0.744 e. The molecule has 2 aliphatic rings. The Morgan fingerprint density at radius 3 is 1.68 bits per heavy atom. The summed E-state index contributed by atoms with van der Waals surface area (Å²) in [4.78, 5) is 9.75. The van der Waals surface area contributed by atoms with Crippen LogP contribution in [0.4, 0.5) is 11.4 Å². The Bertz CT molecular complexity index is 3370. The first kappa shape index (κ1) is 57.3. The highest BCUT2D eigenvalue weighted by molar-refractivity contribution is 7.87. The van der Waals surface area contributed by atoms with Gasteiger partial charge in [0.15, 0.2) is 5.71 Å². The lowest BCUT2D eigenvalue weighted by molar-refractivity contribution is -0.438. The first-order valence-electron chi connectivity index (χ1n) is 23.1. The van der Waals surface area contributed by atoms with Crippen molar-refractivity contribution in [2.45, 2.75) is 89.7 Å². The van der Waals surface area contributed by atoms with Crippen LogP contribution in [-0.4, -0.2) is 140 Å². The summed E-state index contributed by atoms with van der Waals surface area (Å²) < 4.78 is 175. The third-order valence-corrected chi connectivity index (χ3v) is 16.7. The van der Waals surface area contributed by atoms with Crippen LogP contribution in [0.15, 0.2) is 104 Å². The zero-order valence-electron chi connectivity index (χ0n) is 40.8. The van der Waals surface area contributed by atoms with Crippen LogP contribution in [0.5, 0.6) is 0 Å². The number of carboxylic acid groups (broad SMARTS) is 1. The van der Waals surface area contributed by atoms with E-state index in [1.54, 1.807) is 36.4 Å². The number of carbonyl (C=O) groups is 1. The lowest BCUT2D eigenvalue weighted by atomic mass is 9.75. The fraction of sp³-hybridized carbons (Fsp3) is 0.429. The van der Waals surface area contributed by atoms with Crippen LogP contribution < -0.4 is 4.90 Å². The van der Waals surface area contributed by atoms with Crippen LogP contribution in [0.25, 0.3) is 21.5 Å². The number of hydrogen-bond donors (Lipinski definition) is 1. The van der Waals surface area contributed by atoms with E-state index in [1.165, 1.54) is 26.4 Å². The lowest BCUT2D eigenvalue weighted by Crippen LogP contribution is -2.33. The molecule has 1 N–H and O–H groups in total. The van der Waals surface area contributed by atoms with Crippen molar-refractivity contribution in [1.82, 2.24) is 0 Å². The number of aliphatic carboxylic acids is 1. The Labute approximate surface area is 425 Å². The average molecular weight is 1090 g/mol. The Hall–Kier alpha value is -4.96. The molecule has 398 valence electrons. The summed E-state index contributed by atoms with van der Waals surface area (Å²) in [6, 6.07) is 9.34. The standard InChI is InChI=1S/C49H60N2O18S4/c1-6-50-39-18-16-35-37(29-33(70(54,55)56)31-41(35)72(60,61)62)46(39)48(2,20-23-68-27-25-66-4)43(50)13-9-7-10-14-44-49(3,21-24-69-28-26-67-5)47-38-30-34(71(57,58)59)32-42(73(63,64)65)36(38)17-19-40(47)51(44)22-12-8-11-15-45(52)53/h7,9-10,13-14,16-19,29-32H,6,8,11-12,15,20-28H2,1-5H3,(H4-,52,53,54,55,56,57,58,59,60,61,62,63,64,65)/p-3. The Morgan fingerprint density at radius 1 is 0.644 bits per heavy atom. The number of allylic oxidation sites excluding steroid dienone is 6. The first-order chi connectivity index (χ1) is 34.2. The molecule has 0 saturated carbocycles. The molecule has 0 amide bonds. The number of nitrogens with zero attached hydrogens (tertiary/aromatic N) is 2. The van der Waals surface area contributed by atoms with E-state index in [4.69, 9.17) is 18.9 Å². The Kier molecular flexibility index (Phi) is 18.0. The zero-order chi connectivity index (χ0) is 53.7. The molecule has 2 aliphatic heterocycles. The van der Waals surface area contributed by atoms with Crippen molar-refractivity contribution < 1.29 is 85.3 Å². The van der Waals surface area contributed by atoms with Crippen LogP contribution in [0.1, 0.15) is 70.4 Å². The van der Waals surface area contributed by atoms with Gasteiger partial charge in [-0.3, -0.25) is 4.79 Å². The topological polar surface area (TPSA) is 309 Å². The normalized spacial score (nSPS) is 19.1. The minimum absolute atomic E-state index is 0.0428. The third-order valence-electron chi connectivity index (χ3n) is 13.3. The summed E-state index contributed by atoms with van der Waals surface area (Å²) in [5.74, 6) is -0.954. The number of methoxy groups -OCH3 is 2. The number of hydrogen-bond acceptors (Lipinski definition) is 18. The molecule has 2 unspecified atom stereocenters. The van der Waals surface area contributed by atoms with Crippen molar-refractivity contribution in [3.63, 3.8) is 0 Å². The predicted octanol–water partition coefficient (Wildman–Crippen LogP) is 5.51. The van der Waals surface area contributed by atoms with Crippen LogP contribution in [0.2, 0.25) is 0 Å². The van der Waals surface area contributed by atoms with E-state index in [2.05, 4.69) is 0 Å². The monoisotopic (exact) mass is 1090 g/mol. The quantitative estimate of drug-likeness (QED) is 0.0350. The minimum atomic E-state index is -5.32. The summed E-state index contributed by atoms with van der Waals surface area (Å²) in [5.41, 5.74) is 1.08. The first-order valence-corrected chi connectivity index (χ1v) is 28.8. The Balaban J connectivity index is 1.53. The number of fused-ring (bicyclic) bond motifs is 6. The van der Waals surface area contributed by atoms with Gasteiger partial charge in [-0.1, -0.05) is 24.3 Å². The van der Waals surface area contributed by atoms with Crippen LogP contribution >= 0.6 is 0 Å². The highest BCUT2D eigenvalue weighted by atomic mass is 32.2. The van der Waals surface area contributed by atoms with Gasteiger partial charge in [0.05, 0.1) is 51.4 Å². The maximum atomic E-state index is 12.7. The third kappa shape index (κ3) is 12.4. The van der Waals surface area contributed by atoms with Gasteiger partial charge >= 0.3 is 5.97 Å². The van der Waals surface area contributed by atoms with E-state index in [0.717, 1.165) is 12.1 Å². The van der Waals surface area contributed by atoms with Crippen molar-refractivity contribution in [2.24, 2.45) is 0 Å². The van der Waals surface area contributed by atoms with Crippen molar-refractivity contribution in [2.75, 3.05) is 71.9 Å². The molecular formula is C49H57N2O18S4-3. The van der Waals surface area contributed by atoms with E-state index >= 15 is 0 Å². The molecule has 4 aromatic rings. The molecule has 20 nitrogen and oxygen atoms in total. The van der Waals surface area contributed by atoms with Crippen LogP contribution in [-0.2, 0) is 75.0 Å². The maximum Gasteiger partial charge on any atom is 0.303 e. The maximum absolute atomic E-state index is 12.7. The molecule has 6 rings (SSSR count). The van der Waals surface area contributed by atoms with Gasteiger partial charge in [-0.2, -0.15) is 4.58 Å². The van der Waals surface area contributed by atoms with E-state index in [-0.39, 0.29) is 73.8 Å². The summed E-state index contributed by atoms with van der Waals surface area (Å²) in [6.45, 7) is 7.53. The fourth-order valence-corrected chi connectivity index (χ4v) is 12.5. The van der Waals surface area contributed by atoms with E-state index in [9.17, 15) is 61.8 Å². The highest BCUT2D eigenvalue weighted by Gasteiger charge is 2.49. The van der Waals surface area contributed by atoms with Gasteiger partial charge in [0.1, 0.15) is 47.0 Å². The number of carboxylic acids is 1. The second-order valence-electron chi connectivity index (χ2n) is 17.9. The molecule has 24 heteroatoms. The van der Waals surface area contributed by atoms with Crippen LogP contribution in [0, 0.1) is 0 Å². The van der Waals surface area contributed by atoms with E-state index in [0.29, 0.717) is 85.0 Å². The number of ether oxygens (including phenoxy) is 4. The molecule has 4 aromatic carbocycles. The van der Waals surface area contributed by atoms with Gasteiger partial charge < -0.3 is 47.2 Å². The predicted molar refractivity (Wildman–Crippen MR) is 264 cm³/mol. The van der Waals surface area contributed by atoms with Gasteiger partial charge in [0.25, 0.3) is 0 Å². The number of anilines is 1. The molecule has 0 spiro atoms. The molecule has 2 heterocycles. The van der Waals surface area contributed by atoms with Crippen molar-refractivity contribution in [3.05, 3.63) is 95.7 Å². The summed E-state index contributed by atoms with van der Waals surface area (Å²) >= 11 is 0. The smallest absolute Gasteiger partial charge is 0.303 e. The molecule has 0 aromatic heterocycles. The molecular weight excluding hydrogens is 1030 g/mol. The SMILES string of the molecule is CCN1/C(=C/C=C/C=C/C2=[N+](CCCCCC(=O)O)c3ccc4c(S(=O)(=O)[O-])cc(S(=O)(=O)[O-])cc4c3C2(C)CCOCCOC)C(C)(CCOCCOC)c2c1ccc1c(S(=O)(=O)[O-])cc(S(=O)(=O)[O-])cc21. The molecule has 0 fully saturated rings. The number of likely N-dealkylation sites (N-methyl/N-ethyl adjacent to an activating group) is 1. The van der Waals surface area contributed by atoms with Crippen molar-refractivity contribution >= 4 is 85.1 Å². The van der Waals surface area contributed by atoms with Gasteiger partial charge in [0.2, 0.25) is 5.69 Å². The summed E-state index contributed by atoms with van der Waals surface area (Å²) in [7, 11) is -18.1. The van der Waals surface area contributed by atoms with E-state index < -0.39 is 76.9 Å². The molecule has 73 heavy (non-hydrogen) atoms. The van der Waals surface area contributed by atoms with Crippen molar-refractivity contribution in [3.8, 4) is 0 Å². The van der Waals surface area contributed by atoms with Gasteiger partial charge in [0, 0.05) is 86.7 Å². The zero-order valence-corrected chi connectivity index (χ0v) is 44.1. The second kappa shape index (κ2) is 22.9. The Morgan fingerprint density at radius 2 is 1.18 bits per heavy atom. The fourth-order valence-electron chi connectivity index (χ4n) is 9.91. The largest absolute Gasteiger partial charge is 0.744 e. The number of benzene rings is 4. The molecule has 0 bridgehead atoms. The van der Waals surface area contributed by atoms with E-state index in [1.807, 2.05) is 36.3 Å². The summed E-state index contributed by atoms with van der Waals surface area (Å²) in [6.07, 6.45) is 10.6. The second-order valence-corrected chi connectivity index (χ2v) is 23.4. The molecule has 2 atom stereocenters.